The normalized spacial score (nSPS) is 17.8. The van der Waals surface area contributed by atoms with Crippen molar-refractivity contribution in [2.75, 3.05) is 36.8 Å². The van der Waals surface area contributed by atoms with Gasteiger partial charge in [0, 0.05) is 58.4 Å². The third-order valence-electron chi connectivity index (χ3n) is 7.40. The van der Waals surface area contributed by atoms with Crippen LogP contribution in [0.25, 0.3) is 0 Å². The van der Waals surface area contributed by atoms with Crippen molar-refractivity contribution in [2.45, 2.75) is 104 Å². The van der Waals surface area contributed by atoms with Crippen molar-refractivity contribution in [3.8, 4) is 0 Å². The molecule has 7 nitrogen and oxygen atoms in total. The van der Waals surface area contributed by atoms with Crippen LogP contribution in [-0.4, -0.2) is 63.3 Å². The maximum absolute atomic E-state index is 13.7. The highest BCUT2D eigenvalue weighted by Gasteiger charge is 2.35. The standard InChI is InChI=1S/C28H44F3N6O/c1-4-6-13-22(12-5-2)37-19-10-14-24(21(37)3)34-27-33-20-23(28(29,30)31)26(35-27)32-16-11-18-36-17-9-7-8-15-25(36)38/h14,20,22H,4-13,15-19H2,1-3H3,(H2,32,33,34,35)/q+1. The lowest BCUT2D eigenvalue weighted by Crippen LogP contribution is -2.36. The molecule has 1 aromatic rings. The molecule has 2 N–H and O–H groups in total. The van der Waals surface area contributed by atoms with Gasteiger partial charge in [0.05, 0.1) is 0 Å². The van der Waals surface area contributed by atoms with Crippen molar-refractivity contribution in [1.29, 1.82) is 0 Å². The fourth-order valence-electron chi connectivity index (χ4n) is 5.30. The lowest BCUT2D eigenvalue weighted by Gasteiger charge is -2.22. The zero-order chi connectivity index (χ0) is 27.5. The summed E-state index contributed by atoms with van der Waals surface area (Å²) in [5, 5.41) is 6.05. The molecule has 0 saturated carbocycles. The third kappa shape index (κ3) is 8.43. The number of unbranched alkanes of at least 4 members (excludes halogenated alkanes) is 1. The van der Waals surface area contributed by atoms with Gasteiger partial charge in [0.1, 0.15) is 23.6 Å². The Morgan fingerprint density at radius 3 is 2.68 bits per heavy atom. The van der Waals surface area contributed by atoms with Crippen molar-refractivity contribution in [1.82, 2.24) is 14.9 Å². The molecule has 1 unspecified atom stereocenters. The van der Waals surface area contributed by atoms with E-state index in [9.17, 15) is 18.0 Å². The van der Waals surface area contributed by atoms with Crippen LogP contribution in [0.3, 0.4) is 0 Å². The van der Waals surface area contributed by atoms with Gasteiger partial charge in [-0.05, 0) is 38.2 Å². The van der Waals surface area contributed by atoms with E-state index in [-0.39, 0.29) is 24.2 Å². The quantitative estimate of drug-likeness (QED) is 0.230. The van der Waals surface area contributed by atoms with Gasteiger partial charge in [-0.2, -0.15) is 18.2 Å². The summed E-state index contributed by atoms with van der Waals surface area (Å²) < 4.78 is 43.5. The number of allylic oxidation sites excluding steroid dienone is 1. The smallest absolute Gasteiger partial charge is 0.369 e. The highest BCUT2D eigenvalue weighted by atomic mass is 19.4. The Morgan fingerprint density at radius 1 is 1.13 bits per heavy atom. The van der Waals surface area contributed by atoms with E-state index < -0.39 is 11.7 Å². The molecule has 0 radical (unpaired) electrons. The Kier molecular flexibility index (Phi) is 11.4. The Labute approximate surface area is 225 Å². The van der Waals surface area contributed by atoms with Crippen LogP contribution >= 0.6 is 0 Å². The summed E-state index contributed by atoms with van der Waals surface area (Å²) in [6, 6.07) is 0.451. The highest BCUT2D eigenvalue weighted by Crippen LogP contribution is 2.34. The fourth-order valence-corrected chi connectivity index (χ4v) is 5.30. The van der Waals surface area contributed by atoms with Crippen LogP contribution < -0.4 is 10.6 Å². The number of nitrogens with one attached hydrogen (secondary N) is 2. The summed E-state index contributed by atoms with van der Waals surface area (Å²) in [7, 11) is 0. The summed E-state index contributed by atoms with van der Waals surface area (Å²) in [6.07, 6.45) is 8.86. The number of anilines is 2. The van der Waals surface area contributed by atoms with Gasteiger partial charge in [-0.15, -0.1) is 0 Å². The number of likely N-dealkylation sites (tertiary alicyclic amines) is 1. The zero-order valence-corrected chi connectivity index (χ0v) is 23.2. The molecule has 2 aliphatic rings. The topological polar surface area (TPSA) is 73.2 Å². The lowest BCUT2D eigenvalue weighted by atomic mass is 10.0. The second-order valence-corrected chi connectivity index (χ2v) is 10.3. The van der Waals surface area contributed by atoms with Crippen LogP contribution in [0.1, 0.15) is 97.0 Å². The molecule has 3 heterocycles. The molecule has 0 aromatic carbocycles. The van der Waals surface area contributed by atoms with Crippen LogP contribution in [0.4, 0.5) is 24.9 Å². The van der Waals surface area contributed by atoms with Crippen LogP contribution in [0.2, 0.25) is 0 Å². The van der Waals surface area contributed by atoms with Gasteiger partial charge in [0.15, 0.2) is 11.8 Å². The zero-order valence-electron chi connectivity index (χ0n) is 23.2. The van der Waals surface area contributed by atoms with Crippen LogP contribution in [0.5, 0.6) is 0 Å². The number of rotatable bonds is 13. The van der Waals surface area contributed by atoms with E-state index in [1.54, 1.807) is 0 Å². The van der Waals surface area contributed by atoms with E-state index >= 15 is 0 Å². The highest BCUT2D eigenvalue weighted by molar-refractivity contribution is 5.97. The van der Waals surface area contributed by atoms with Gasteiger partial charge in [0.25, 0.3) is 0 Å². The fraction of sp³-hybridized carbons (Fsp3) is 0.714. The molecular weight excluding hydrogens is 493 g/mol. The number of nitrogens with zero attached hydrogens (tertiary/aromatic N) is 4. The molecule has 3 rings (SSSR count). The SMILES string of the molecule is CCCCC(CCC)[N+]1=C(C)C(Nc2ncc(C(F)(F)F)c(NCCCN3CCCCCC3=O)n2)=CCC1. The maximum Gasteiger partial charge on any atom is 0.421 e. The van der Waals surface area contributed by atoms with Crippen molar-refractivity contribution < 1.29 is 22.5 Å². The predicted octanol–water partition coefficient (Wildman–Crippen LogP) is 6.23. The molecule has 1 saturated heterocycles. The average Bonchev–Trinajstić information content (AvgIpc) is 3.09. The van der Waals surface area contributed by atoms with Gasteiger partial charge in [-0.3, -0.25) is 4.79 Å². The Hall–Kier alpha value is -2.65. The molecule has 38 heavy (non-hydrogen) atoms. The van der Waals surface area contributed by atoms with E-state index in [4.69, 9.17) is 0 Å². The van der Waals surface area contributed by atoms with E-state index in [0.29, 0.717) is 32.0 Å². The van der Waals surface area contributed by atoms with Crippen LogP contribution in [0, 0.1) is 0 Å². The van der Waals surface area contributed by atoms with Gasteiger partial charge < -0.3 is 15.5 Å². The predicted molar refractivity (Wildman–Crippen MR) is 146 cm³/mol. The minimum atomic E-state index is -4.57. The molecule has 0 aliphatic carbocycles. The lowest BCUT2D eigenvalue weighted by molar-refractivity contribution is -0.568. The molecule has 0 bridgehead atoms. The van der Waals surface area contributed by atoms with Crippen LogP contribution in [-0.2, 0) is 11.0 Å². The maximum atomic E-state index is 13.7. The molecule has 212 valence electrons. The molecule has 2 aliphatic heterocycles. The molecular formula is C28H44F3N6O+. The Morgan fingerprint density at radius 2 is 1.95 bits per heavy atom. The van der Waals surface area contributed by atoms with Crippen molar-refractivity contribution in [2.24, 2.45) is 0 Å². The number of hydrogen-bond acceptors (Lipinski definition) is 5. The first kappa shape index (κ1) is 29.9. The molecule has 1 atom stereocenters. The number of halogens is 3. The largest absolute Gasteiger partial charge is 0.421 e. The summed E-state index contributed by atoms with van der Waals surface area (Å²) in [4.78, 5) is 22.2. The van der Waals surface area contributed by atoms with Crippen LogP contribution in [0.15, 0.2) is 18.0 Å². The summed E-state index contributed by atoms with van der Waals surface area (Å²) in [5.74, 6) is 0.0236. The molecule has 1 aromatic heterocycles. The third-order valence-corrected chi connectivity index (χ3v) is 7.40. The van der Waals surface area contributed by atoms with Crippen molar-refractivity contribution in [3.05, 3.63) is 23.5 Å². The Balaban J connectivity index is 1.71. The number of amides is 1. The first-order chi connectivity index (χ1) is 18.2. The van der Waals surface area contributed by atoms with E-state index in [1.807, 2.05) is 4.90 Å². The van der Waals surface area contributed by atoms with Gasteiger partial charge >= 0.3 is 6.18 Å². The summed E-state index contributed by atoms with van der Waals surface area (Å²) in [6.45, 7) is 8.91. The molecule has 1 amide bonds. The number of carbonyl (C=O) groups is 1. The molecule has 1 fully saturated rings. The average molecular weight is 538 g/mol. The number of carbonyl (C=O) groups excluding carboxylic acids is 1. The van der Waals surface area contributed by atoms with Gasteiger partial charge in [-0.1, -0.05) is 26.7 Å². The van der Waals surface area contributed by atoms with E-state index in [0.717, 1.165) is 75.5 Å². The first-order valence-corrected chi connectivity index (χ1v) is 14.3. The minimum absolute atomic E-state index is 0.129. The van der Waals surface area contributed by atoms with E-state index in [2.05, 4.69) is 52.0 Å². The monoisotopic (exact) mass is 537 g/mol. The van der Waals surface area contributed by atoms with Gasteiger partial charge in [-0.25, -0.2) is 9.56 Å². The van der Waals surface area contributed by atoms with Crippen molar-refractivity contribution >= 4 is 23.4 Å². The Bertz CT molecular complexity index is 991. The number of hydrogen-bond donors (Lipinski definition) is 2. The number of alkyl halides is 3. The molecule has 10 heteroatoms. The van der Waals surface area contributed by atoms with E-state index in [1.165, 1.54) is 6.42 Å². The molecule has 0 spiro atoms. The van der Waals surface area contributed by atoms with Crippen molar-refractivity contribution in [3.63, 3.8) is 0 Å². The van der Waals surface area contributed by atoms with Gasteiger partial charge in [0.2, 0.25) is 11.9 Å². The summed E-state index contributed by atoms with van der Waals surface area (Å²) in [5.41, 5.74) is 1.03. The minimum Gasteiger partial charge on any atom is -0.369 e. The first-order valence-electron chi connectivity index (χ1n) is 14.3. The second kappa shape index (κ2) is 14.5. The second-order valence-electron chi connectivity index (χ2n) is 10.3. The number of aromatic nitrogens is 2. The summed E-state index contributed by atoms with van der Waals surface area (Å²) >= 11 is 0.